The van der Waals surface area contributed by atoms with Gasteiger partial charge in [-0.05, 0) is 52.5 Å². The number of halogens is 3. The van der Waals surface area contributed by atoms with Crippen LogP contribution in [0.4, 0.5) is 9.39 Å². The molecule has 4 aromatic rings. The monoisotopic (exact) mass is 561 g/mol. The first kappa shape index (κ1) is 24.4. The molecule has 0 saturated heterocycles. The van der Waals surface area contributed by atoms with Crippen molar-refractivity contribution < 1.29 is 14.3 Å². The highest BCUT2D eigenvalue weighted by Crippen LogP contribution is 2.43. The molecular formula is C25H22BrClFN3O2S. The van der Waals surface area contributed by atoms with Crippen molar-refractivity contribution in [3.05, 3.63) is 65.5 Å². The van der Waals surface area contributed by atoms with E-state index in [1.165, 1.54) is 17.6 Å². The summed E-state index contributed by atoms with van der Waals surface area (Å²) in [6.07, 6.45) is 1.39. The van der Waals surface area contributed by atoms with Gasteiger partial charge in [0.25, 0.3) is 0 Å². The second-order valence-electron chi connectivity index (χ2n) is 7.84. The largest absolute Gasteiger partial charge is 0.508 e. The van der Waals surface area contributed by atoms with Crippen molar-refractivity contribution >= 4 is 72.1 Å². The Hall–Kier alpha value is -2.68. The zero-order valence-corrected chi connectivity index (χ0v) is 21.3. The van der Waals surface area contributed by atoms with Gasteiger partial charge in [0, 0.05) is 35.9 Å². The number of amides is 1. The number of rotatable bonds is 10. The molecule has 0 bridgehead atoms. The first-order chi connectivity index (χ1) is 16.4. The van der Waals surface area contributed by atoms with Crippen LogP contribution in [0.25, 0.3) is 32.8 Å². The summed E-state index contributed by atoms with van der Waals surface area (Å²) in [6.45, 7) is 5.64. The molecule has 1 heterocycles. The molecule has 0 aliphatic carbocycles. The van der Waals surface area contributed by atoms with Gasteiger partial charge >= 0.3 is 0 Å². The Morgan fingerprint density at radius 1 is 1.26 bits per heavy atom. The molecule has 0 aliphatic heterocycles. The van der Waals surface area contributed by atoms with E-state index in [0.29, 0.717) is 42.3 Å². The van der Waals surface area contributed by atoms with Gasteiger partial charge in [0.05, 0.1) is 5.02 Å². The second kappa shape index (κ2) is 10.7. The van der Waals surface area contributed by atoms with Crippen LogP contribution < -0.4 is 10.2 Å². The summed E-state index contributed by atoms with van der Waals surface area (Å²) in [5.74, 6) is -0.499. The minimum absolute atomic E-state index is 0.0316. The van der Waals surface area contributed by atoms with Gasteiger partial charge in [0.15, 0.2) is 5.82 Å². The van der Waals surface area contributed by atoms with E-state index in [1.54, 1.807) is 12.1 Å². The Labute approximate surface area is 214 Å². The number of phenols is 1. The molecular weight excluding hydrogens is 541 g/mol. The number of aromatic nitrogens is 1. The van der Waals surface area contributed by atoms with Crippen molar-refractivity contribution in [3.8, 4) is 16.9 Å². The van der Waals surface area contributed by atoms with Crippen LogP contribution in [0.5, 0.6) is 5.75 Å². The topological polar surface area (TPSA) is 65.5 Å². The molecule has 0 spiro atoms. The summed E-state index contributed by atoms with van der Waals surface area (Å²) in [4.78, 5) is 12.8. The molecule has 1 aromatic heterocycles. The lowest BCUT2D eigenvalue weighted by Gasteiger charge is -2.23. The van der Waals surface area contributed by atoms with Gasteiger partial charge in [0.1, 0.15) is 16.3 Å². The van der Waals surface area contributed by atoms with Crippen LogP contribution in [0.3, 0.4) is 0 Å². The van der Waals surface area contributed by atoms with Gasteiger partial charge < -0.3 is 15.3 Å². The number of anilines is 1. The highest BCUT2D eigenvalue weighted by atomic mass is 79.9. The molecule has 4 rings (SSSR count). The third-order valence-electron chi connectivity index (χ3n) is 5.58. The molecule has 2 N–H and O–H groups in total. The van der Waals surface area contributed by atoms with Crippen LogP contribution in [0.2, 0.25) is 5.02 Å². The molecule has 1 amide bonds. The van der Waals surface area contributed by atoms with Gasteiger partial charge in [-0.1, -0.05) is 63.9 Å². The van der Waals surface area contributed by atoms with E-state index in [0.717, 1.165) is 27.8 Å². The van der Waals surface area contributed by atoms with Crippen molar-refractivity contribution in [2.24, 2.45) is 0 Å². The lowest BCUT2D eigenvalue weighted by atomic mass is 9.96. The van der Waals surface area contributed by atoms with Crippen molar-refractivity contribution in [1.82, 2.24) is 9.69 Å². The summed E-state index contributed by atoms with van der Waals surface area (Å²) in [5, 5.41) is 16.8. The number of carbonyl (C=O) groups is 1. The Bertz CT molecular complexity index is 1380. The molecule has 34 heavy (non-hydrogen) atoms. The molecule has 9 heteroatoms. The van der Waals surface area contributed by atoms with Crippen molar-refractivity contribution in [3.63, 3.8) is 0 Å². The van der Waals surface area contributed by atoms with E-state index in [2.05, 4.69) is 37.1 Å². The first-order valence-corrected chi connectivity index (χ1v) is 12.9. The molecule has 0 atom stereocenters. The van der Waals surface area contributed by atoms with Crippen molar-refractivity contribution in [2.75, 3.05) is 29.9 Å². The first-order valence-electron chi connectivity index (χ1n) is 10.6. The Kier molecular flexibility index (Phi) is 7.70. The zero-order valence-electron chi connectivity index (χ0n) is 18.2. The summed E-state index contributed by atoms with van der Waals surface area (Å²) in [5.41, 5.74) is 1.97. The molecule has 0 radical (unpaired) electrons. The predicted octanol–water partition coefficient (Wildman–Crippen LogP) is 6.51. The maximum Gasteiger partial charge on any atom is 0.207 e. The molecule has 0 unspecified atom stereocenters. The Morgan fingerprint density at radius 2 is 2.06 bits per heavy atom. The fraction of sp³-hybridized carbons (Fsp3) is 0.200. The number of nitrogens with zero attached hydrogens (tertiary/aromatic N) is 2. The van der Waals surface area contributed by atoms with Crippen molar-refractivity contribution in [1.29, 1.82) is 0 Å². The quantitative estimate of drug-likeness (QED) is 0.100. The number of carbonyl (C=O) groups excluding carboxylic acids is 1. The lowest BCUT2D eigenvalue weighted by molar-refractivity contribution is -0.109. The third kappa shape index (κ3) is 4.89. The van der Waals surface area contributed by atoms with E-state index in [4.69, 9.17) is 11.6 Å². The van der Waals surface area contributed by atoms with E-state index < -0.39 is 5.82 Å². The van der Waals surface area contributed by atoms with Crippen molar-refractivity contribution in [2.45, 2.75) is 6.42 Å². The van der Waals surface area contributed by atoms with Crippen LogP contribution in [0.15, 0.2) is 54.6 Å². The van der Waals surface area contributed by atoms with Crippen LogP contribution in [0, 0.1) is 5.82 Å². The van der Waals surface area contributed by atoms with Gasteiger partial charge in [-0.2, -0.15) is 4.37 Å². The maximum atomic E-state index is 15.9. The predicted molar refractivity (Wildman–Crippen MR) is 143 cm³/mol. The number of aromatic hydroxyl groups is 1. The number of nitrogens with one attached hydrogen (secondary N) is 1. The summed E-state index contributed by atoms with van der Waals surface area (Å²) in [6, 6.07) is 12.3. The lowest BCUT2D eigenvalue weighted by Crippen LogP contribution is -2.32. The number of fused-ring (bicyclic) bond motifs is 2. The van der Waals surface area contributed by atoms with E-state index in [1.807, 2.05) is 24.3 Å². The highest BCUT2D eigenvalue weighted by molar-refractivity contribution is 9.09. The van der Waals surface area contributed by atoms with E-state index >= 15 is 4.39 Å². The average Bonchev–Trinajstić information content (AvgIpc) is 3.24. The fourth-order valence-electron chi connectivity index (χ4n) is 3.91. The van der Waals surface area contributed by atoms with Gasteiger partial charge in [-0.15, -0.1) is 0 Å². The van der Waals surface area contributed by atoms with Crippen LogP contribution >= 0.6 is 39.1 Å². The smallest absolute Gasteiger partial charge is 0.207 e. The highest BCUT2D eigenvalue weighted by Gasteiger charge is 2.23. The van der Waals surface area contributed by atoms with Crippen LogP contribution in [0.1, 0.15) is 6.42 Å². The van der Waals surface area contributed by atoms with Gasteiger partial charge in [-0.3, -0.25) is 4.79 Å². The third-order valence-corrected chi connectivity index (χ3v) is 7.60. The van der Waals surface area contributed by atoms with E-state index in [9.17, 15) is 9.90 Å². The molecule has 0 aliphatic rings. The summed E-state index contributed by atoms with van der Waals surface area (Å²) < 4.78 is 20.3. The summed E-state index contributed by atoms with van der Waals surface area (Å²) in [7, 11) is 0. The molecule has 0 saturated carbocycles. The number of phenolic OH excluding ortho intramolecular Hbond substituents is 1. The van der Waals surface area contributed by atoms with E-state index in [-0.39, 0.29) is 21.9 Å². The number of benzene rings is 3. The molecule has 3 aromatic carbocycles. The van der Waals surface area contributed by atoms with Gasteiger partial charge in [-0.25, -0.2) is 4.39 Å². The fourth-order valence-corrected chi connectivity index (χ4v) is 5.39. The minimum Gasteiger partial charge on any atom is -0.508 e. The van der Waals surface area contributed by atoms with Crippen LogP contribution in [-0.2, 0) is 4.79 Å². The molecule has 5 nitrogen and oxygen atoms in total. The number of alkyl halides is 1. The standard InChI is InChI=1S/C25H22BrClFN3O2S/c1-15(13-26)6-8-31(9-7-29-14-32)25-20-12-21(27)22(23(28)24(20)30-34-25)19-11-17(33)10-16-4-2-3-5-18(16)19/h2-5,10-12,14,33H,1,6-9,13H2,(H,29,32). The van der Waals surface area contributed by atoms with Gasteiger partial charge in [0.2, 0.25) is 6.41 Å². The molecule has 0 fully saturated rings. The SMILES string of the molecule is C=C(CBr)CCN(CCNC=O)c1snc2c(F)c(-c3cc(O)cc4ccccc34)c(Cl)cc12. The normalized spacial score (nSPS) is 11.1. The Balaban J connectivity index is 1.82. The zero-order chi connectivity index (χ0) is 24.2. The second-order valence-corrected chi connectivity index (χ2v) is 9.56. The minimum atomic E-state index is -0.531. The van der Waals surface area contributed by atoms with Crippen LogP contribution in [-0.4, -0.2) is 40.9 Å². The average molecular weight is 563 g/mol. The molecule has 176 valence electrons. The Morgan fingerprint density at radius 3 is 2.82 bits per heavy atom. The maximum absolute atomic E-state index is 15.9. The summed E-state index contributed by atoms with van der Waals surface area (Å²) >= 11 is 11.3. The number of hydrogen-bond acceptors (Lipinski definition) is 5. The number of hydrogen-bond donors (Lipinski definition) is 2.